The van der Waals surface area contributed by atoms with Crippen LogP contribution in [0.5, 0.6) is 5.75 Å². The van der Waals surface area contributed by atoms with Gasteiger partial charge in [-0.25, -0.2) is 4.39 Å². The maximum Gasteiger partial charge on any atom is 0.137 e. The summed E-state index contributed by atoms with van der Waals surface area (Å²) in [6.07, 6.45) is -0.327. The van der Waals surface area contributed by atoms with E-state index in [-0.39, 0.29) is 5.82 Å². The Morgan fingerprint density at radius 3 is 2.60 bits per heavy atom. The van der Waals surface area contributed by atoms with Gasteiger partial charge in [0.05, 0.1) is 17.7 Å². The first-order chi connectivity index (χ1) is 9.51. The molecule has 2 rings (SSSR count). The Labute approximate surface area is 133 Å². The molecule has 2 aromatic carbocycles. The maximum absolute atomic E-state index is 13.2. The third-order valence-electron chi connectivity index (χ3n) is 2.97. The average Bonchev–Trinajstić information content (AvgIpc) is 2.42. The van der Waals surface area contributed by atoms with Crippen molar-refractivity contribution < 1.29 is 14.2 Å². The van der Waals surface area contributed by atoms with Crippen LogP contribution in [-0.4, -0.2) is 12.2 Å². The van der Waals surface area contributed by atoms with Crippen LogP contribution in [0, 0.1) is 5.82 Å². The number of hydrogen-bond donors (Lipinski definition) is 1. The first-order valence-corrected chi connectivity index (χ1v) is 7.55. The molecule has 0 aliphatic rings. The minimum absolute atomic E-state index is 0.315. The van der Waals surface area contributed by atoms with Gasteiger partial charge < -0.3 is 9.84 Å². The van der Waals surface area contributed by atoms with Crippen LogP contribution in [0.25, 0.3) is 0 Å². The standard InChI is InChI=1S/C15H13Br2FO2/c1-20-15-8-10(16)3-4-11(15)14(19)7-9-2-5-13(18)12(17)6-9/h2-6,8,14,19H,7H2,1H3. The van der Waals surface area contributed by atoms with E-state index in [0.29, 0.717) is 22.2 Å². The van der Waals surface area contributed by atoms with Crippen molar-refractivity contribution in [1.82, 2.24) is 0 Å². The summed E-state index contributed by atoms with van der Waals surface area (Å²) in [7, 11) is 1.56. The van der Waals surface area contributed by atoms with Crippen molar-refractivity contribution in [2.75, 3.05) is 7.11 Å². The molecule has 20 heavy (non-hydrogen) atoms. The number of aliphatic hydroxyl groups excluding tert-OH is 1. The van der Waals surface area contributed by atoms with Gasteiger partial charge in [0.1, 0.15) is 11.6 Å². The van der Waals surface area contributed by atoms with Gasteiger partial charge >= 0.3 is 0 Å². The van der Waals surface area contributed by atoms with Crippen LogP contribution in [-0.2, 0) is 6.42 Å². The van der Waals surface area contributed by atoms with E-state index < -0.39 is 6.10 Å². The van der Waals surface area contributed by atoms with E-state index in [4.69, 9.17) is 4.74 Å². The molecular weight excluding hydrogens is 391 g/mol. The zero-order valence-electron chi connectivity index (χ0n) is 10.7. The van der Waals surface area contributed by atoms with Gasteiger partial charge in [-0.05, 0) is 45.8 Å². The van der Waals surface area contributed by atoms with Crippen molar-refractivity contribution >= 4 is 31.9 Å². The Morgan fingerprint density at radius 1 is 1.20 bits per heavy atom. The van der Waals surface area contributed by atoms with Crippen molar-refractivity contribution in [1.29, 1.82) is 0 Å². The summed E-state index contributed by atoms with van der Waals surface area (Å²) in [6.45, 7) is 0. The monoisotopic (exact) mass is 402 g/mol. The lowest BCUT2D eigenvalue weighted by molar-refractivity contribution is 0.174. The van der Waals surface area contributed by atoms with Gasteiger partial charge in [-0.1, -0.05) is 28.1 Å². The molecule has 0 aliphatic heterocycles. The predicted octanol–water partition coefficient (Wildman–Crippen LogP) is 4.64. The SMILES string of the molecule is COc1cc(Br)ccc1C(O)Cc1ccc(F)c(Br)c1. The van der Waals surface area contributed by atoms with Gasteiger partial charge in [0.25, 0.3) is 0 Å². The Bertz CT molecular complexity index is 617. The van der Waals surface area contributed by atoms with Crippen molar-refractivity contribution in [2.45, 2.75) is 12.5 Å². The topological polar surface area (TPSA) is 29.5 Å². The average molecular weight is 404 g/mol. The van der Waals surface area contributed by atoms with Crippen LogP contribution in [0.3, 0.4) is 0 Å². The number of aliphatic hydroxyl groups is 1. The minimum atomic E-state index is -0.713. The third-order valence-corrected chi connectivity index (χ3v) is 4.07. The second-order valence-corrected chi connectivity index (χ2v) is 6.12. The maximum atomic E-state index is 13.2. The number of rotatable bonds is 4. The van der Waals surface area contributed by atoms with Crippen LogP contribution in [0.1, 0.15) is 17.2 Å². The molecule has 5 heteroatoms. The highest BCUT2D eigenvalue weighted by Crippen LogP contribution is 2.31. The van der Waals surface area contributed by atoms with Crippen LogP contribution in [0.4, 0.5) is 4.39 Å². The third kappa shape index (κ3) is 3.59. The van der Waals surface area contributed by atoms with Gasteiger partial charge in [-0.2, -0.15) is 0 Å². The van der Waals surface area contributed by atoms with Crippen molar-refractivity contribution in [3.8, 4) is 5.75 Å². The molecule has 1 atom stereocenters. The van der Waals surface area contributed by atoms with E-state index in [0.717, 1.165) is 10.0 Å². The zero-order valence-corrected chi connectivity index (χ0v) is 13.9. The molecule has 1 N–H and O–H groups in total. The van der Waals surface area contributed by atoms with E-state index in [9.17, 15) is 9.50 Å². The molecule has 0 aromatic heterocycles. The zero-order chi connectivity index (χ0) is 14.7. The summed E-state index contributed by atoms with van der Waals surface area (Å²) in [5, 5.41) is 10.3. The molecule has 0 bridgehead atoms. The molecular formula is C15H13Br2FO2. The molecule has 2 aromatic rings. The van der Waals surface area contributed by atoms with Crippen LogP contribution >= 0.6 is 31.9 Å². The molecule has 0 aliphatic carbocycles. The minimum Gasteiger partial charge on any atom is -0.496 e. The van der Waals surface area contributed by atoms with E-state index in [1.165, 1.54) is 6.07 Å². The van der Waals surface area contributed by atoms with Crippen molar-refractivity contribution in [3.05, 3.63) is 62.3 Å². The van der Waals surface area contributed by atoms with Crippen LogP contribution < -0.4 is 4.74 Å². The van der Waals surface area contributed by atoms with Crippen LogP contribution in [0.2, 0.25) is 0 Å². The number of ether oxygens (including phenoxy) is 1. The van der Waals surface area contributed by atoms with Crippen LogP contribution in [0.15, 0.2) is 45.3 Å². The quantitative estimate of drug-likeness (QED) is 0.805. The highest BCUT2D eigenvalue weighted by Gasteiger charge is 2.15. The van der Waals surface area contributed by atoms with E-state index in [1.54, 1.807) is 25.3 Å². The lowest BCUT2D eigenvalue weighted by Gasteiger charge is -2.15. The molecule has 0 amide bonds. The lowest BCUT2D eigenvalue weighted by atomic mass is 10.0. The number of benzene rings is 2. The second kappa shape index (κ2) is 6.70. The van der Waals surface area contributed by atoms with E-state index in [2.05, 4.69) is 31.9 Å². The summed E-state index contributed by atoms with van der Waals surface area (Å²) < 4.78 is 19.7. The molecule has 0 saturated heterocycles. The molecule has 0 fully saturated rings. The Morgan fingerprint density at radius 2 is 1.95 bits per heavy atom. The number of hydrogen-bond acceptors (Lipinski definition) is 2. The van der Waals surface area contributed by atoms with E-state index in [1.807, 2.05) is 12.1 Å². The summed E-state index contributed by atoms with van der Waals surface area (Å²) in [5.74, 6) is 0.303. The van der Waals surface area contributed by atoms with Crippen molar-refractivity contribution in [2.24, 2.45) is 0 Å². The summed E-state index contributed by atoms with van der Waals surface area (Å²) in [4.78, 5) is 0. The first kappa shape index (κ1) is 15.5. The first-order valence-electron chi connectivity index (χ1n) is 5.96. The predicted molar refractivity (Wildman–Crippen MR) is 83.5 cm³/mol. The smallest absolute Gasteiger partial charge is 0.137 e. The highest BCUT2D eigenvalue weighted by molar-refractivity contribution is 9.10. The molecule has 2 nitrogen and oxygen atoms in total. The molecule has 0 saturated carbocycles. The molecule has 1 unspecified atom stereocenters. The fourth-order valence-corrected chi connectivity index (χ4v) is 2.73. The number of halogens is 3. The van der Waals surface area contributed by atoms with Gasteiger partial charge in [0, 0.05) is 16.5 Å². The normalized spacial score (nSPS) is 12.2. The second-order valence-electron chi connectivity index (χ2n) is 4.35. The largest absolute Gasteiger partial charge is 0.496 e. The number of methoxy groups -OCH3 is 1. The van der Waals surface area contributed by atoms with Gasteiger partial charge in [0.15, 0.2) is 0 Å². The van der Waals surface area contributed by atoms with Crippen molar-refractivity contribution in [3.63, 3.8) is 0 Å². The Hall–Kier alpha value is -0.910. The van der Waals surface area contributed by atoms with Gasteiger partial charge in [0.2, 0.25) is 0 Å². The molecule has 0 radical (unpaired) electrons. The molecule has 0 heterocycles. The summed E-state index contributed by atoms with van der Waals surface area (Å²) >= 11 is 6.50. The van der Waals surface area contributed by atoms with E-state index >= 15 is 0 Å². The molecule has 0 spiro atoms. The summed E-state index contributed by atoms with van der Waals surface area (Å²) in [5.41, 5.74) is 1.55. The highest BCUT2D eigenvalue weighted by atomic mass is 79.9. The molecule has 106 valence electrons. The fourth-order valence-electron chi connectivity index (χ4n) is 1.96. The Kier molecular flexibility index (Phi) is 5.18. The summed E-state index contributed by atoms with van der Waals surface area (Å²) in [6, 6.07) is 10.2. The lowest BCUT2D eigenvalue weighted by Crippen LogP contribution is -2.04. The Balaban J connectivity index is 2.23. The van der Waals surface area contributed by atoms with Gasteiger partial charge in [-0.3, -0.25) is 0 Å². The fraction of sp³-hybridized carbons (Fsp3) is 0.200. The van der Waals surface area contributed by atoms with Gasteiger partial charge in [-0.15, -0.1) is 0 Å².